The minimum atomic E-state index is -0.290. The van der Waals surface area contributed by atoms with E-state index in [4.69, 9.17) is 4.74 Å². The average Bonchev–Trinajstić information content (AvgIpc) is 2.36. The van der Waals surface area contributed by atoms with Crippen LogP contribution >= 0.6 is 0 Å². The molecule has 0 fully saturated rings. The van der Waals surface area contributed by atoms with Gasteiger partial charge in [0, 0.05) is 0 Å². The molecule has 0 aliphatic heterocycles. The molecule has 0 aromatic heterocycles. The Morgan fingerprint density at radius 3 is 2.37 bits per heavy atom. The molecule has 1 rings (SSSR count). The van der Waals surface area contributed by atoms with Gasteiger partial charge in [-0.05, 0) is 31.2 Å². The Morgan fingerprint density at radius 1 is 1.32 bits per heavy atom. The van der Waals surface area contributed by atoms with Crippen molar-refractivity contribution < 1.29 is 9.53 Å². The molecule has 0 spiro atoms. The standard InChI is InChI=1S/C17H24O2/c1-6-17(4,5)15(16(18)19-13(2)3)12-14-10-8-7-9-11-14/h6-11,13,15H,1,12H2,2-5H3. The number of rotatable bonds is 6. The maximum Gasteiger partial charge on any atom is 0.310 e. The Hall–Kier alpha value is -1.57. The summed E-state index contributed by atoms with van der Waals surface area (Å²) in [6.07, 6.45) is 2.42. The number of esters is 1. The lowest BCUT2D eigenvalue weighted by atomic mass is 9.75. The normalized spacial score (nSPS) is 13.1. The van der Waals surface area contributed by atoms with Crippen LogP contribution in [-0.4, -0.2) is 12.1 Å². The molecular formula is C17H24O2. The number of benzene rings is 1. The SMILES string of the molecule is C=CC(C)(C)C(Cc1ccccc1)C(=O)OC(C)C. The van der Waals surface area contributed by atoms with E-state index in [1.165, 1.54) is 0 Å². The zero-order chi connectivity index (χ0) is 14.5. The second-order valence-corrected chi connectivity index (χ2v) is 5.75. The van der Waals surface area contributed by atoms with Crippen molar-refractivity contribution in [1.82, 2.24) is 0 Å². The van der Waals surface area contributed by atoms with Gasteiger partial charge in [-0.25, -0.2) is 0 Å². The van der Waals surface area contributed by atoms with E-state index in [0.717, 1.165) is 5.56 Å². The number of ether oxygens (including phenoxy) is 1. The molecule has 1 unspecified atom stereocenters. The van der Waals surface area contributed by atoms with Gasteiger partial charge < -0.3 is 4.74 Å². The first-order valence-corrected chi connectivity index (χ1v) is 6.75. The Bertz CT molecular complexity index is 418. The Balaban J connectivity index is 2.93. The van der Waals surface area contributed by atoms with Gasteiger partial charge in [0.15, 0.2) is 0 Å². The zero-order valence-corrected chi connectivity index (χ0v) is 12.3. The van der Waals surface area contributed by atoms with E-state index >= 15 is 0 Å². The monoisotopic (exact) mass is 260 g/mol. The van der Waals surface area contributed by atoms with Crippen LogP contribution in [-0.2, 0) is 16.0 Å². The summed E-state index contributed by atoms with van der Waals surface area (Å²) in [5, 5.41) is 0. The lowest BCUT2D eigenvalue weighted by Gasteiger charge is -2.30. The molecule has 1 aromatic carbocycles. The first-order chi connectivity index (χ1) is 8.86. The van der Waals surface area contributed by atoms with Gasteiger partial charge in [0.2, 0.25) is 0 Å². The molecule has 0 N–H and O–H groups in total. The van der Waals surface area contributed by atoms with Crippen LogP contribution in [0.15, 0.2) is 43.0 Å². The van der Waals surface area contributed by atoms with Crippen LogP contribution < -0.4 is 0 Å². The molecule has 0 saturated carbocycles. The van der Waals surface area contributed by atoms with Gasteiger partial charge in [-0.15, -0.1) is 6.58 Å². The van der Waals surface area contributed by atoms with Crippen molar-refractivity contribution in [3.8, 4) is 0 Å². The maximum absolute atomic E-state index is 12.3. The molecule has 0 saturated heterocycles. The first kappa shape index (κ1) is 15.5. The predicted molar refractivity (Wildman–Crippen MR) is 78.8 cm³/mol. The number of hydrogen-bond donors (Lipinski definition) is 0. The third kappa shape index (κ3) is 4.55. The fraction of sp³-hybridized carbons (Fsp3) is 0.471. The van der Waals surface area contributed by atoms with E-state index in [2.05, 4.69) is 6.58 Å². The molecular weight excluding hydrogens is 236 g/mol. The summed E-state index contributed by atoms with van der Waals surface area (Å²) in [7, 11) is 0. The topological polar surface area (TPSA) is 26.3 Å². The molecule has 0 aliphatic rings. The molecule has 2 heteroatoms. The third-order valence-electron chi connectivity index (χ3n) is 3.34. The van der Waals surface area contributed by atoms with Crippen LogP contribution in [0.1, 0.15) is 33.3 Å². The number of hydrogen-bond acceptors (Lipinski definition) is 2. The fourth-order valence-corrected chi connectivity index (χ4v) is 1.96. The second-order valence-electron chi connectivity index (χ2n) is 5.75. The summed E-state index contributed by atoms with van der Waals surface area (Å²) in [5.74, 6) is -0.362. The lowest BCUT2D eigenvalue weighted by molar-refractivity contribution is -0.155. The second kappa shape index (κ2) is 6.55. The minimum absolute atomic E-state index is 0.0913. The molecule has 2 nitrogen and oxygen atoms in total. The van der Waals surface area contributed by atoms with Crippen molar-refractivity contribution >= 4 is 5.97 Å². The summed E-state index contributed by atoms with van der Waals surface area (Å²) in [6, 6.07) is 10.0. The van der Waals surface area contributed by atoms with Crippen LogP contribution in [0.5, 0.6) is 0 Å². The number of allylic oxidation sites excluding steroid dienone is 1. The maximum atomic E-state index is 12.3. The van der Waals surface area contributed by atoms with E-state index in [1.807, 2.05) is 64.1 Å². The molecule has 1 atom stereocenters. The van der Waals surface area contributed by atoms with Crippen molar-refractivity contribution in [3.63, 3.8) is 0 Å². The highest BCUT2D eigenvalue weighted by Gasteiger charge is 2.34. The number of carbonyl (C=O) groups excluding carboxylic acids is 1. The smallest absolute Gasteiger partial charge is 0.310 e. The van der Waals surface area contributed by atoms with Crippen LogP contribution in [0.4, 0.5) is 0 Å². The van der Waals surface area contributed by atoms with E-state index in [-0.39, 0.29) is 23.4 Å². The van der Waals surface area contributed by atoms with Gasteiger partial charge in [-0.3, -0.25) is 4.79 Å². The third-order valence-corrected chi connectivity index (χ3v) is 3.34. The Labute approximate surface area is 116 Å². The average molecular weight is 260 g/mol. The molecule has 1 aromatic rings. The lowest BCUT2D eigenvalue weighted by Crippen LogP contribution is -2.34. The van der Waals surface area contributed by atoms with E-state index in [1.54, 1.807) is 0 Å². The highest BCUT2D eigenvalue weighted by Crippen LogP contribution is 2.32. The van der Waals surface area contributed by atoms with Gasteiger partial charge in [-0.1, -0.05) is 50.3 Å². The van der Waals surface area contributed by atoms with Crippen molar-refractivity contribution in [2.75, 3.05) is 0 Å². The Kier molecular flexibility index (Phi) is 5.34. The van der Waals surface area contributed by atoms with Crippen molar-refractivity contribution in [1.29, 1.82) is 0 Å². The van der Waals surface area contributed by atoms with E-state index in [9.17, 15) is 4.79 Å². The van der Waals surface area contributed by atoms with Crippen LogP contribution in [0.3, 0.4) is 0 Å². The van der Waals surface area contributed by atoms with Gasteiger partial charge in [0.25, 0.3) is 0 Å². The highest BCUT2D eigenvalue weighted by molar-refractivity contribution is 5.74. The quantitative estimate of drug-likeness (QED) is 0.570. The molecule has 0 bridgehead atoms. The largest absolute Gasteiger partial charge is 0.463 e. The Morgan fingerprint density at radius 2 is 1.89 bits per heavy atom. The summed E-state index contributed by atoms with van der Waals surface area (Å²) in [4.78, 5) is 12.3. The molecule has 0 radical (unpaired) electrons. The molecule has 19 heavy (non-hydrogen) atoms. The summed E-state index contributed by atoms with van der Waals surface area (Å²) >= 11 is 0. The fourth-order valence-electron chi connectivity index (χ4n) is 1.96. The van der Waals surface area contributed by atoms with Gasteiger partial charge >= 0.3 is 5.97 Å². The van der Waals surface area contributed by atoms with Gasteiger partial charge in [0.1, 0.15) is 0 Å². The van der Waals surface area contributed by atoms with E-state index in [0.29, 0.717) is 6.42 Å². The van der Waals surface area contributed by atoms with E-state index < -0.39 is 0 Å². The highest BCUT2D eigenvalue weighted by atomic mass is 16.5. The van der Waals surface area contributed by atoms with Crippen molar-refractivity contribution in [2.45, 2.75) is 40.2 Å². The van der Waals surface area contributed by atoms with Crippen molar-refractivity contribution in [2.24, 2.45) is 11.3 Å². The number of carbonyl (C=O) groups is 1. The van der Waals surface area contributed by atoms with Crippen LogP contribution in [0.25, 0.3) is 0 Å². The van der Waals surface area contributed by atoms with Gasteiger partial charge in [0.05, 0.1) is 12.0 Å². The predicted octanol–water partition coefficient (Wildman–Crippen LogP) is 4.01. The van der Waals surface area contributed by atoms with Gasteiger partial charge in [-0.2, -0.15) is 0 Å². The summed E-state index contributed by atoms with van der Waals surface area (Å²) in [5.41, 5.74) is 0.852. The molecule has 0 heterocycles. The summed E-state index contributed by atoms with van der Waals surface area (Å²) < 4.78 is 5.39. The molecule has 0 amide bonds. The molecule has 0 aliphatic carbocycles. The minimum Gasteiger partial charge on any atom is -0.463 e. The van der Waals surface area contributed by atoms with Crippen LogP contribution in [0, 0.1) is 11.3 Å². The summed E-state index contributed by atoms with van der Waals surface area (Å²) in [6.45, 7) is 11.6. The first-order valence-electron chi connectivity index (χ1n) is 6.75. The van der Waals surface area contributed by atoms with Crippen molar-refractivity contribution in [3.05, 3.63) is 48.6 Å². The zero-order valence-electron chi connectivity index (χ0n) is 12.3. The van der Waals surface area contributed by atoms with Crippen LogP contribution in [0.2, 0.25) is 0 Å². The molecule has 104 valence electrons.